The highest BCUT2D eigenvalue weighted by molar-refractivity contribution is 7.81. The van der Waals surface area contributed by atoms with Crippen LogP contribution in [0.5, 0.6) is 0 Å². The van der Waals surface area contributed by atoms with E-state index < -0.39 is 10.5 Å². The molecule has 0 saturated heterocycles. The number of hydrogen-bond donors (Lipinski definition) is 3. The second-order valence-corrected chi connectivity index (χ2v) is 6.06. The van der Waals surface area contributed by atoms with Crippen LogP contribution in [-0.2, 0) is 0 Å². The fourth-order valence-electron chi connectivity index (χ4n) is 1.70. The summed E-state index contributed by atoms with van der Waals surface area (Å²) < 4.78 is 0. The quantitative estimate of drug-likeness (QED) is 0.219. The molecule has 0 aromatic heterocycles. The molecule has 0 aromatic carbocycles. The summed E-state index contributed by atoms with van der Waals surface area (Å²) in [6.45, 7) is 5.31. The van der Waals surface area contributed by atoms with Gasteiger partial charge in [0.2, 0.25) is 0 Å². The van der Waals surface area contributed by atoms with Gasteiger partial charge in [-0.1, -0.05) is 12.2 Å². The molecule has 0 spiro atoms. The van der Waals surface area contributed by atoms with Gasteiger partial charge < -0.3 is 10.4 Å². The van der Waals surface area contributed by atoms with Crippen LogP contribution >= 0.6 is 24.2 Å². The Morgan fingerprint density at radius 1 is 1.71 bits per heavy atom. The largest absolute Gasteiger partial charge is 0.388 e. The Morgan fingerprint density at radius 2 is 2.29 bits per heavy atom. The van der Waals surface area contributed by atoms with Crippen molar-refractivity contribution < 1.29 is 5.11 Å². The van der Waals surface area contributed by atoms with Crippen LogP contribution in [0.15, 0.2) is 17.1 Å². The van der Waals surface area contributed by atoms with Crippen molar-refractivity contribution in [1.29, 1.82) is 0 Å². The van der Waals surface area contributed by atoms with Crippen LogP contribution in [0.3, 0.4) is 0 Å². The van der Waals surface area contributed by atoms with Gasteiger partial charge in [-0.05, 0) is 40.0 Å². The summed E-state index contributed by atoms with van der Waals surface area (Å²) in [5.41, 5.74) is -0.859. The highest BCUT2D eigenvalue weighted by atomic mass is 35.5. The van der Waals surface area contributed by atoms with E-state index in [0.29, 0.717) is 6.42 Å². The van der Waals surface area contributed by atoms with Crippen molar-refractivity contribution in [2.24, 2.45) is 4.99 Å². The predicted molar refractivity (Wildman–Crippen MR) is 77.4 cm³/mol. The van der Waals surface area contributed by atoms with Crippen molar-refractivity contribution in [1.82, 2.24) is 5.32 Å². The molecule has 0 amide bonds. The summed E-state index contributed by atoms with van der Waals surface area (Å²) in [4.78, 5) is 3.53. The minimum absolute atomic E-state index is 0.0698. The van der Waals surface area contributed by atoms with Gasteiger partial charge in [0.25, 0.3) is 0 Å². The molecule has 3 atom stereocenters. The third kappa shape index (κ3) is 3.71. The van der Waals surface area contributed by atoms with Gasteiger partial charge in [0.1, 0.15) is 0 Å². The number of thiol groups is 1. The van der Waals surface area contributed by atoms with Gasteiger partial charge in [-0.15, -0.1) is 11.6 Å². The lowest BCUT2D eigenvalue weighted by atomic mass is 9.95. The molecule has 1 aliphatic rings. The van der Waals surface area contributed by atoms with Gasteiger partial charge in [-0.25, -0.2) is 0 Å². The molecule has 1 fully saturated rings. The zero-order chi connectivity index (χ0) is 13.1. The first-order valence-corrected chi connectivity index (χ1v) is 6.65. The number of aliphatic imine (C=N–C) groups is 1. The molecule has 0 bridgehead atoms. The number of alkyl halides is 1. The van der Waals surface area contributed by atoms with E-state index >= 15 is 0 Å². The number of halogens is 1. The summed E-state index contributed by atoms with van der Waals surface area (Å²) in [6.07, 6.45) is 6.09. The third-order valence-corrected chi connectivity index (χ3v) is 4.68. The van der Waals surface area contributed by atoms with Gasteiger partial charge in [0, 0.05) is 0 Å². The molecule has 3 nitrogen and oxygen atoms in total. The molecule has 1 aliphatic carbocycles. The van der Waals surface area contributed by atoms with E-state index in [0.717, 1.165) is 12.8 Å². The maximum Gasteiger partial charge on any atom is 0.0916 e. The van der Waals surface area contributed by atoms with Gasteiger partial charge in [0.05, 0.1) is 21.9 Å². The van der Waals surface area contributed by atoms with Crippen LogP contribution in [0.1, 0.15) is 26.2 Å². The molecule has 5 heteroatoms. The van der Waals surface area contributed by atoms with E-state index in [1.807, 2.05) is 19.2 Å². The molecule has 0 heterocycles. The van der Waals surface area contributed by atoms with Crippen molar-refractivity contribution in [3.05, 3.63) is 12.2 Å². The fourth-order valence-corrected chi connectivity index (χ4v) is 2.07. The monoisotopic (exact) mass is 276 g/mol. The van der Waals surface area contributed by atoms with E-state index in [1.54, 1.807) is 6.92 Å². The average molecular weight is 277 g/mol. The number of hydrogen-bond acceptors (Lipinski definition) is 4. The minimum atomic E-state index is -0.859. The number of nitrogens with one attached hydrogen (secondary N) is 1. The average Bonchev–Trinajstić information content (AvgIpc) is 3.03. The first-order valence-electron chi connectivity index (χ1n) is 5.75. The Bertz CT molecular complexity index is 303. The molecule has 3 unspecified atom stereocenters. The van der Waals surface area contributed by atoms with Crippen LogP contribution in [0.25, 0.3) is 0 Å². The maximum absolute atomic E-state index is 10.2. The van der Waals surface area contributed by atoms with Crippen molar-refractivity contribution in [2.45, 2.75) is 48.1 Å². The Morgan fingerprint density at radius 3 is 2.71 bits per heavy atom. The topological polar surface area (TPSA) is 44.6 Å². The Labute approximate surface area is 114 Å². The lowest BCUT2D eigenvalue weighted by Gasteiger charge is -2.27. The number of aliphatic hydroxyl groups is 1. The van der Waals surface area contributed by atoms with E-state index in [9.17, 15) is 5.11 Å². The normalized spacial score (nSPS) is 25.2. The molecule has 98 valence electrons. The smallest absolute Gasteiger partial charge is 0.0916 e. The van der Waals surface area contributed by atoms with E-state index in [1.165, 1.54) is 0 Å². The number of likely N-dealkylation sites (N-methyl/N-ethyl adjacent to an activating group) is 1. The number of nitrogens with zero attached hydrogens (tertiary/aromatic N) is 1. The molecule has 1 saturated carbocycles. The van der Waals surface area contributed by atoms with Crippen molar-refractivity contribution in [2.75, 3.05) is 7.05 Å². The molecule has 0 aliphatic heterocycles. The van der Waals surface area contributed by atoms with Gasteiger partial charge in [0.15, 0.2) is 0 Å². The highest BCUT2D eigenvalue weighted by Gasteiger charge is 2.54. The van der Waals surface area contributed by atoms with Gasteiger partial charge in [-0.2, -0.15) is 12.6 Å². The summed E-state index contributed by atoms with van der Waals surface area (Å²) >= 11 is 10.6. The Hall–Kier alpha value is -0.0300. The SMILES string of the molecule is C=NC(/C=C/CC(C)(O)C1(Cl)CC1)C(S)NC. The van der Waals surface area contributed by atoms with E-state index in [4.69, 9.17) is 11.6 Å². The summed E-state index contributed by atoms with van der Waals surface area (Å²) in [5.74, 6) is 0. The molecule has 0 radical (unpaired) electrons. The first kappa shape index (κ1) is 15.0. The minimum Gasteiger partial charge on any atom is -0.388 e. The summed E-state index contributed by atoms with van der Waals surface area (Å²) in [5, 5.41) is 13.2. The van der Waals surface area contributed by atoms with Crippen LogP contribution in [0.4, 0.5) is 0 Å². The number of rotatable bonds is 7. The molecule has 17 heavy (non-hydrogen) atoms. The lowest BCUT2D eigenvalue weighted by Crippen LogP contribution is -2.37. The van der Waals surface area contributed by atoms with Crippen LogP contribution < -0.4 is 5.32 Å². The van der Waals surface area contributed by atoms with Crippen molar-refractivity contribution in [3.8, 4) is 0 Å². The van der Waals surface area contributed by atoms with Crippen LogP contribution in [0, 0.1) is 0 Å². The third-order valence-electron chi connectivity index (χ3n) is 3.33. The molecule has 2 N–H and O–H groups in total. The van der Waals surface area contributed by atoms with Gasteiger partial charge >= 0.3 is 0 Å². The molecule has 0 aromatic rings. The Balaban J connectivity index is 2.51. The molecular weight excluding hydrogens is 256 g/mol. The zero-order valence-electron chi connectivity index (χ0n) is 10.4. The first-order chi connectivity index (χ1) is 7.86. The van der Waals surface area contributed by atoms with Crippen LogP contribution in [-0.4, -0.2) is 40.8 Å². The standard InChI is InChI=1S/C12H21ClN2OS/c1-11(16,12(13)7-8-12)6-4-5-9(14-2)10(17)15-3/h4-5,9-10,15-17H,2,6-8H2,1,3H3/b5-4+. The van der Waals surface area contributed by atoms with Crippen molar-refractivity contribution in [3.63, 3.8) is 0 Å². The zero-order valence-corrected chi connectivity index (χ0v) is 12.0. The molecular formula is C12H21ClN2OS. The highest BCUT2D eigenvalue weighted by Crippen LogP contribution is 2.52. The second-order valence-electron chi connectivity index (χ2n) is 4.78. The Kier molecular flexibility index (Phi) is 5.07. The van der Waals surface area contributed by atoms with Crippen molar-refractivity contribution >= 4 is 30.9 Å². The van der Waals surface area contributed by atoms with E-state index in [2.05, 4.69) is 29.7 Å². The fraction of sp³-hybridized carbons (Fsp3) is 0.750. The predicted octanol–water partition coefficient (Wildman–Crippen LogP) is 2.00. The summed E-state index contributed by atoms with van der Waals surface area (Å²) in [7, 11) is 1.82. The maximum atomic E-state index is 10.2. The van der Waals surface area contributed by atoms with Gasteiger partial charge in [-0.3, -0.25) is 4.99 Å². The van der Waals surface area contributed by atoms with E-state index in [-0.39, 0.29) is 11.4 Å². The molecule has 1 rings (SSSR count). The second kappa shape index (κ2) is 5.74. The van der Waals surface area contributed by atoms with Crippen LogP contribution in [0.2, 0.25) is 0 Å². The summed E-state index contributed by atoms with van der Waals surface area (Å²) in [6, 6.07) is -0.107. The lowest BCUT2D eigenvalue weighted by molar-refractivity contribution is 0.0504.